The zero-order chi connectivity index (χ0) is 10.7. The third-order valence-corrected chi connectivity index (χ3v) is 2.84. The first-order valence-corrected chi connectivity index (χ1v) is 5.21. The molecule has 1 heterocycles. The number of carbonyl (C=O) groups is 1. The van der Waals surface area contributed by atoms with Crippen LogP contribution in [0.1, 0.15) is 24.3 Å². The highest BCUT2D eigenvalue weighted by Crippen LogP contribution is 2.30. The van der Waals surface area contributed by atoms with E-state index < -0.39 is 0 Å². The maximum Gasteiger partial charge on any atom is 0.220 e. The minimum atomic E-state index is 0.154. The molecule has 1 unspecified atom stereocenters. The Morgan fingerprint density at radius 2 is 2.20 bits per heavy atom. The summed E-state index contributed by atoms with van der Waals surface area (Å²) in [6, 6.07) is 8.00. The lowest BCUT2D eigenvalue weighted by molar-refractivity contribution is -0.122. The molecule has 0 aliphatic carbocycles. The smallest absolute Gasteiger partial charge is 0.220 e. The van der Waals surface area contributed by atoms with Gasteiger partial charge in [0.1, 0.15) is 5.75 Å². The van der Waals surface area contributed by atoms with Crippen LogP contribution >= 0.6 is 0 Å². The van der Waals surface area contributed by atoms with Crippen LogP contribution in [-0.4, -0.2) is 19.6 Å². The summed E-state index contributed by atoms with van der Waals surface area (Å²) in [6.07, 6.45) is 1.52. The summed E-state index contributed by atoms with van der Waals surface area (Å²) >= 11 is 0. The van der Waals surface area contributed by atoms with Crippen molar-refractivity contribution in [3.8, 4) is 5.75 Å². The van der Waals surface area contributed by atoms with Crippen molar-refractivity contribution in [2.24, 2.45) is 0 Å². The van der Waals surface area contributed by atoms with Crippen molar-refractivity contribution in [1.29, 1.82) is 0 Å². The number of benzene rings is 1. The number of nitrogens with one attached hydrogen (secondary N) is 1. The molecule has 2 rings (SSSR count). The Kier molecular flexibility index (Phi) is 2.90. The lowest BCUT2D eigenvalue weighted by Crippen LogP contribution is -2.33. The van der Waals surface area contributed by atoms with Crippen molar-refractivity contribution < 1.29 is 9.53 Å². The summed E-state index contributed by atoms with van der Waals surface area (Å²) in [6.45, 7) is 0.721. The van der Waals surface area contributed by atoms with Crippen molar-refractivity contribution in [2.75, 3.05) is 13.7 Å². The predicted octanol–water partition coefficient (Wildman–Crippen LogP) is 1.69. The normalized spacial score (nSPS) is 20.9. The summed E-state index contributed by atoms with van der Waals surface area (Å²) < 4.78 is 5.31. The molecule has 0 spiro atoms. The zero-order valence-corrected chi connectivity index (χ0v) is 8.82. The number of methoxy groups -OCH3 is 1. The topological polar surface area (TPSA) is 38.3 Å². The van der Waals surface area contributed by atoms with Gasteiger partial charge in [-0.1, -0.05) is 18.2 Å². The van der Waals surface area contributed by atoms with Crippen LogP contribution in [0.5, 0.6) is 5.75 Å². The Hall–Kier alpha value is -1.51. The third kappa shape index (κ3) is 2.12. The van der Waals surface area contributed by atoms with E-state index in [4.69, 9.17) is 4.74 Å². The van der Waals surface area contributed by atoms with Crippen LogP contribution in [0.15, 0.2) is 24.3 Å². The van der Waals surface area contributed by atoms with Gasteiger partial charge in [0.2, 0.25) is 5.91 Å². The standard InChI is InChI=1S/C12H15NO2/c1-15-11-5-3-2-4-10(11)9-6-7-12(14)13-8-9/h2-5,9H,6-8H2,1H3,(H,13,14). The number of amides is 1. The fourth-order valence-corrected chi connectivity index (χ4v) is 2.00. The number of rotatable bonds is 2. The van der Waals surface area contributed by atoms with E-state index in [0.717, 1.165) is 18.7 Å². The van der Waals surface area contributed by atoms with E-state index in [-0.39, 0.29) is 5.91 Å². The second-order valence-electron chi connectivity index (χ2n) is 3.78. The summed E-state index contributed by atoms with van der Waals surface area (Å²) in [5.41, 5.74) is 1.19. The summed E-state index contributed by atoms with van der Waals surface area (Å²) in [4.78, 5) is 11.1. The van der Waals surface area contributed by atoms with E-state index >= 15 is 0 Å². The van der Waals surface area contributed by atoms with Gasteiger partial charge in [0.15, 0.2) is 0 Å². The van der Waals surface area contributed by atoms with Gasteiger partial charge in [-0.25, -0.2) is 0 Å². The molecule has 3 heteroatoms. The van der Waals surface area contributed by atoms with Crippen LogP contribution in [-0.2, 0) is 4.79 Å². The van der Waals surface area contributed by atoms with Crippen LogP contribution in [0.2, 0.25) is 0 Å². The van der Waals surface area contributed by atoms with Crippen molar-refractivity contribution in [1.82, 2.24) is 5.32 Å². The molecule has 80 valence electrons. The van der Waals surface area contributed by atoms with Gasteiger partial charge in [0.25, 0.3) is 0 Å². The maximum absolute atomic E-state index is 11.1. The van der Waals surface area contributed by atoms with Crippen LogP contribution in [0.4, 0.5) is 0 Å². The van der Waals surface area contributed by atoms with Crippen LogP contribution in [0, 0.1) is 0 Å². The van der Waals surface area contributed by atoms with E-state index in [2.05, 4.69) is 11.4 Å². The van der Waals surface area contributed by atoms with E-state index in [1.807, 2.05) is 18.2 Å². The third-order valence-electron chi connectivity index (χ3n) is 2.84. The first kappa shape index (κ1) is 10.0. The number of ether oxygens (including phenoxy) is 1. The SMILES string of the molecule is COc1ccccc1C1CCC(=O)NC1. The quantitative estimate of drug-likeness (QED) is 0.797. The second-order valence-corrected chi connectivity index (χ2v) is 3.78. The highest BCUT2D eigenvalue weighted by atomic mass is 16.5. The Labute approximate surface area is 89.4 Å². The molecule has 15 heavy (non-hydrogen) atoms. The summed E-state index contributed by atoms with van der Waals surface area (Å²) in [7, 11) is 1.68. The van der Waals surface area contributed by atoms with Crippen LogP contribution in [0.25, 0.3) is 0 Å². The Morgan fingerprint density at radius 1 is 1.40 bits per heavy atom. The lowest BCUT2D eigenvalue weighted by atomic mass is 9.91. The number of hydrogen-bond acceptors (Lipinski definition) is 2. The molecule has 1 N–H and O–H groups in total. The molecule has 0 aromatic heterocycles. The van der Waals surface area contributed by atoms with Crippen LogP contribution < -0.4 is 10.1 Å². The summed E-state index contributed by atoms with van der Waals surface area (Å²) in [5, 5.41) is 2.89. The molecular formula is C12H15NO2. The predicted molar refractivity (Wildman–Crippen MR) is 58.0 cm³/mol. The average Bonchev–Trinajstić information content (AvgIpc) is 2.30. The largest absolute Gasteiger partial charge is 0.496 e. The van der Waals surface area contributed by atoms with Crippen molar-refractivity contribution in [3.05, 3.63) is 29.8 Å². The number of para-hydroxylation sites is 1. The van der Waals surface area contributed by atoms with Gasteiger partial charge in [-0.2, -0.15) is 0 Å². The Balaban J connectivity index is 2.18. The number of piperidine rings is 1. The van der Waals surface area contributed by atoms with Crippen molar-refractivity contribution >= 4 is 5.91 Å². The van der Waals surface area contributed by atoms with E-state index in [9.17, 15) is 4.79 Å². The van der Waals surface area contributed by atoms with E-state index in [1.54, 1.807) is 7.11 Å². The van der Waals surface area contributed by atoms with Gasteiger partial charge in [0, 0.05) is 18.9 Å². The van der Waals surface area contributed by atoms with Gasteiger partial charge < -0.3 is 10.1 Å². The maximum atomic E-state index is 11.1. The average molecular weight is 205 g/mol. The van der Waals surface area contributed by atoms with E-state index in [1.165, 1.54) is 5.56 Å². The highest BCUT2D eigenvalue weighted by molar-refractivity contribution is 5.77. The highest BCUT2D eigenvalue weighted by Gasteiger charge is 2.21. The zero-order valence-electron chi connectivity index (χ0n) is 8.82. The first-order chi connectivity index (χ1) is 7.31. The number of hydrogen-bond donors (Lipinski definition) is 1. The molecular weight excluding hydrogens is 190 g/mol. The Morgan fingerprint density at radius 3 is 2.87 bits per heavy atom. The fourth-order valence-electron chi connectivity index (χ4n) is 2.00. The molecule has 1 aliphatic rings. The monoisotopic (exact) mass is 205 g/mol. The van der Waals surface area contributed by atoms with E-state index in [0.29, 0.717) is 12.3 Å². The van der Waals surface area contributed by atoms with Crippen molar-refractivity contribution in [2.45, 2.75) is 18.8 Å². The molecule has 1 aromatic carbocycles. The van der Waals surface area contributed by atoms with Gasteiger partial charge >= 0.3 is 0 Å². The molecule has 1 aromatic rings. The Bertz CT molecular complexity index is 352. The molecule has 1 fully saturated rings. The molecule has 0 bridgehead atoms. The molecule has 1 saturated heterocycles. The van der Waals surface area contributed by atoms with Gasteiger partial charge in [0.05, 0.1) is 7.11 Å². The lowest BCUT2D eigenvalue weighted by Gasteiger charge is -2.24. The fraction of sp³-hybridized carbons (Fsp3) is 0.417. The van der Waals surface area contributed by atoms with Gasteiger partial charge in [-0.15, -0.1) is 0 Å². The van der Waals surface area contributed by atoms with Crippen molar-refractivity contribution in [3.63, 3.8) is 0 Å². The molecule has 1 atom stereocenters. The summed E-state index contributed by atoms with van der Waals surface area (Å²) in [5.74, 6) is 1.46. The van der Waals surface area contributed by atoms with Gasteiger partial charge in [-0.05, 0) is 18.1 Å². The van der Waals surface area contributed by atoms with Gasteiger partial charge in [-0.3, -0.25) is 4.79 Å². The second kappa shape index (κ2) is 4.34. The molecule has 1 amide bonds. The molecule has 0 radical (unpaired) electrons. The number of carbonyl (C=O) groups excluding carboxylic acids is 1. The minimum Gasteiger partial charge on any atom is -0.496 e. The molecule has 0 saturated carbocycles. The molecule has 1 aliphatic heterocycles. The minimum absolute atomic E-state index is 0.154. The first-order valence-electron chi connectivity index (χ1n) is 5.21. The van der Waals surface area contributed by atoms with Crippen LogP contribution in [0.3, 0.4) is 0 Å². The molecule has 3 nitrogen and oxygen atoms in total.